The first-order chi connectivity index (χ1) is 17.0. The molecule has 184 valence electrons. The number of hydrogen-bond donors (Lipinski definition) is 1. The highest BCUT2D eigenvalue weighted by Crippen LogP contribution is 2.33. The number of fused-ring (bicyclic) bond motifs is 3. The van der Waals surface area contributed by atoms with Gasteiger partial charge in [-0.2, -0.15) is 0 Å². The Balaban J connectivity index is 1.51. The highest BCUT2D eigenvalue weighted by atomic mass is 16.5. The number of hydrogen-bond acceptors (Lipinski definition) is 4. The lowest BCUT2D eigenvalue weighted by Gasteiger charge is -2.44. The highest BCUT2D eigenvalue weighted by Gasteiger charge is 2.48. The largest absolute Gasteiger partial charge is 0.497 e. The number of nitrogens with zero attached hydrogens (tertiary/aromatic N) is 3. The molecule has 0 spiro atoms. The minimum absolute atomic E-state index is 0.0947. The second kappa shape index (κ2) is 9.72. The van der Waals surface area contributed by atoms with E-state index in [1.54, 1.807) is 12.0 Å². The first-order valence-electron chi connectivity index (χ1n) is 12.7. The second-order valence-electron chi connectivity index (χ2n) is 10.0. The predicted molar refractivity (Wildman–Crippen MR) is 135 cm³/mol. The molecule has 35 heavy (non-hydrogen) atoms. The lowest BCUT2D eigenvalue weighted by Crippen LogP contribution is -2.64. The maximum atomic E-state index is 14.0. The van der Waals surface area contributed by atoms with E-state index in [0.29, 0.717) is 18.9 Å². The molecular weight excluding hydrogens is 440 g/mol. The quantitative estimate of drug-likeness (QED) is 0.582. The van der Waals surface area contributed by atoms with Gasteiger partial charge >= 0.3 is 0 Å². The maximum Gasteiger partial charge on any atom is 0.291 e. The van der Waals surface area contributed by atoms with Crippen LogP contribution in [-0.4, -0.2) is 45.0 Å². The van der Waals surface area contributed by atoms with Crippen molar-refractivity contribution in [2.24, 2.45) is 0 Å². The number of aromatic nitrogens is 2. The molecule has 0 saturated heterocycles. The van der Waals surface area contributed by atoms with Gasteiger partial charge in [-0.25, -0.2) is 4.98 Å². The number of amides is 2. The Morgan fingerprint density at radius 2 is 1.83 bits per heavy atom. The average molecular weight is 475 g/mol. The number of benzene rings is 2. The van der Waals surface area contributed by atoms with E-state index >= 15 is 0 Å². The minimum Gasteiger partial charge on any atom is -0.497 e. The predicted octanol–water partition coefficient (Wildman–Crippen LogP) is 4.69. The van der Waals surface area contributed by atoms with E-state index in [4.69, 9.17) is 4.74 Å². The summed E-state index contributed by atoms with van der Waals surface area (Å²) in [6.45, 7) is 2.55. The molecular formula is C28H34N4O3. The number of imidazole rings is 1. The fraction of sp³-hybridized carbons (Fsp3) is 0.464. The van der Waals surface area contributed by atoms with Gasteiger partial charge in [-0.1, -0.05) is 56.4 Å². The Morgan fingerprint density at radius 1 is 1.09 bits per heavy atom. The van der Waals surface area contributed by atoms with E-state index in [9.17, 15) is 9.59 Å². The number of nitrogens with one attached hydrogen (secondary N) is 1. The lowest BCUT2D eigenvalue weighted by molar-refractivity contribution is -0.134. The summed E-state index contributed by atoms with van der Waals surface area (Å²) in [5.41, 5.74) is 1.50. The summed E-state index contributed by atoms with van der Waals surface area (Å²) in [5.74, 6) is 0.776. The molecule has 7 nitrogen and oxygen atoms in total. The number of carbonyl (C=O) groups excluding carboxylic acids is 2. The normalized spacial score (nSPS) is 21.3. The number of rotatable bonds is 5. The summed E-state index contributed by atoms with van der Waals surface area (Å²) < 4.78 is 7.30. The Labute approximate surface area is 206 Å². The van der Waals surface area contributed by atoms with E-state index in [2.05, 4.69) is 10.3 Å². The van der Waals surface area contributed by atoms with Gasteiger partial charge in [0.2, 0.25) is 5.91 Å². The topological polar surface area (TPSA) is 76.5 Å². The van der Waals surface area contributed by atoms with Crippen LogP contribution in [0.3, 0.4) is 0 Å². The van der Waals surface area contributed by atoms with E-state index in [-0.39, 0.29) is 17.9 Å². The second-order valence-corrected chi connectivity index (χ2v) is 10.0. The van der Waals surface area contributed by atoms with Gasteiger partial charge in [0.05, 0.1) is 24.7 Å². The molecule has 2 aromatic carbocycles. The molecule has 1 N–H and O–H groups in total. The van der Waals surface area contributed by atoms with E-state index in [0.717, 1.165) is 48.0 Å². The van der Waals surface area contributed by atoms with Crippen LogP contribution in [0.2, 0.25) is 0 Å². The lowest BCUT2D eigenvalue weighted by atomic mass is 9.92. The third-order valence-corrected chi connectivity index (χ3v) is 7.56. The number of carbonyl (C=O) groups is 2. The molecule has 0 unspecified atom stereocenters. The molecule has 2 amide bonds. The Bertz CT molecular complexity index is 1230. The smallest absolute Gasteiger partial charge is 0.291 e. The van der Waals surface area contributed by atoms with Gasteiger partial charge in [-0.3, -0.25) is 9.59 Å². The standard InChI is InChI=1S/C28H34N4O3/c1-28(27(34)29-21-12-6-4-3-5-7-13-21)19-31-24-16-9-8-15-23(24)30-25(31)26(33)32(28)18-20-11-10-14-22(17-20)35-2/h8-11,14-17,21H,3-7,12-13,18-19H2,1-2H3,(H,29,34)/t28-/m0/s1. The molecule has 1 aromatic heterocycles. The zero-order chi connectivity index (χ0) is 24.4. The van der Waals surface area contributed by atoms with Crippen molar-refractivity contribution in [1.29, 1.82) is 0 Å². The minimum atomic E-state index is -1.06. The van der Waals surface area contributed by atoms with E-state index in [1.807, 2.05) is 60.0 Å². The van der Waals surface area contributed by atoms with Crippen LogP contribution in [0.1, 0.15) is 68.1 Å². The van der Waals surface area contributed by atoms with Crippen molar-refractivity contribution >= 4 is 22.8 Å². The SMILES string of the molecule is COc1cccc(CN2C(=O)c3nc4ccccc4n3C[C@@]2(C)C(=O)NC2CCCCCCC2)c1. The summed E-state index contributed by atoms with van der Waals surface area (Å²) in [6, 6.07) is 15.5. The molecule has 0 radical (unpaired) electrons. The van der Waals surface area contributed by atoms with Crippen molar-refractivity contribution in [1.82, 2.24) is 19.8 Å². The van der Waals surface area contributed by atoms with Crippen molar-refractivity contribution in [3.8, 4) is 5.75 Å². The fourth-order valence-corrected chi connectivity index (χ4v) is 5.47. The Kier molecular flexibility index (Phi) is 6.50. The molecule has 1 atom stereocenters. The molecule has 1 aliphatic carbocycles. The van der Waals surface area contributed by atoms with Crippen molar-refractivity contribution < 1.29 is 14.3 Å². The monoisotopic (exact) mass is 474 g/mol. The van der Waals surface area contributed by atoms with Crippen LogP contribution in [0.5, 0.6) is 5.75 Å². The maximum absolute atomic E-state index is 14.0. The Morgan fingerprint density at radius 3 is 2.60 bits per heavy atom. The first kappa shape index (κ1) is 23.4. The molecule has 3 aromatic rings. The average Bonchev–Trinajstić information content (AvgIpc) is 3.22. The molecule has 7 heteroatoms. The summed E-state index contributed by atoms with van der Waals surface area (Å²) in [5, 5.41) is 3.34. The fourth-order valence-electron chi connectivity index (χ4n) is 5.47. The van der Waals surface area contributed by atoms with E-state index < -0.39 is 5.54 Å². The molecule has 0 bridgehead atoms. The van der Waals surface area contributed by atoms with Crippen LogP contribution in [0.25, 0.3) is 11.0 Å². The molecule has 1 fully saturated rings. The summed E-state index contributed by atoms with van der Waals surface area (Å²) in [4.78, 5) is 34.2. The molecule has 2 heterocycles. The van der Waals surface area contributed by atoms with Crippen LogP contribution in [0.4, 0.5) is 0 Å². The van der Waals surface area contributed by atoms with Crippen LogP contribution >= 0.6 is 0 Å². The zero-order valence-electron chi connectivity index (χ0n) is 20.6. The van der Waals surface area contributed by atoms with Gasteiger partial charge in [-0.15, -0.1) is 0 Å². The van der Waals surface area contributed by atoms with Crippen molar-refractivity contribution in [3.63, 3.8) is 0 Å². The van der Waals surface area contributed by atoms with Gasteiger partial charge in [0, 0.05) is 12.6 Å². The van der Waals surface area contributed by atoms with E-state index in [1.165, 1.54) is 19.3 Å². The van der Waals surface area contributed by atoms with Gasteiger partial charge in [0.15, 0.2) is 5.82 Å². The van der Waals surface area contributed by atoms with Gasteiger partial charge in [0.25, 0.3) is 5.91 Å². The third kappa shape index (κ3) is 4.51. The summed E-state index contributed by atoms with van der Waals surface area (Å²) in [7, 11) is 1.63. The Hall–Kier alpha value is -3.35. The number of ether oxygens (including phenoxy) is 1. The summed E-state index contributed by atoms with van der Waals surface area (Å²) in [6.07, 6.45) is 7.95. The highest BCUT2D eigenvalue weighted by molar-refractivity contribution is 6.01. The molecule has 5 rings (SSSR count). The van der Waals surface area contributed by atoms with Crippen LogP contribution < -0.4 is 10.1 Å². The van der Waals surface area contributed by atoms with Gasteiger partial charge in [0.1, 0.15) is 11.3 Å². The molecule has 2 aliphatic rings. The third-order valence-electron chi connectivity index (χ3n) is 7.56. The first-order valence-corrected chi connectivity index (χ1v) is 12.7. The number of methoxy groups -OCH3 is 1. The summed E-state index contributed by atoms with van der Waals surface area (Å²) >= 11 is 0. The van der Waals surface area contributed by atoms with Crippen molar-refractivity contribution in [2.45, 2.75) is 76.5 Å². The van der Waals surface area contributed by atoms with Gasteiger partial charge < -0.3 is 19.5 Å². The van der Waals surface area contributed by atoms with Crippen LogP contribution in [0, 0.1) is 0 Å². The van der Waals surface area contributed by atoms with Gasteiger partial charge in [-0.05, 0) is 49.6 Å². The molecule has 1 aliphatic heterocycles. The zero-order valence-corrected chi connectivity index (χ0v) is 20.6. The van der Waals surface area contributed by atoms with Crippen LogP contribution in [0.15, 0.2) is 48.5 Å². The number of para-hydroxylation sites is 2. The van der Waals surface area contributed by atoms with Crippen molar-refractivity contribution in [2.75, 3.05) is 7.11 Å². The molecule has 1 saturated carbocycles. The van der Waals surface area contributed by atoms with Crippen LogP contribution in [-0.2, 0) is 17.9 Å². The van der Waals surface area contributed by atoms with Crippen molar-refractivity contribution in [3.05, 3.63) is 59.9 Å².